The molecule has 0 unspecified atom stereocenters. The molecular weight excluding hydrogens is 513 g/mol. The largest absolute Gasteiger partial charge is 0.383 e. The third kappa shape index (κ3) is 6.77. The average Bonchev–Trinajstić information content (AvgIpc) is 2.91. The molecule has 4 rings (SSSR count). The second kappa shape index (κ2) is 12.4. The van der Waals surface area contributed by atoms with Crippen molar-refractivity contribution in [2.75, 3.05) is 57.9 Å². The summed E-state index contributed by atoms with van der Waals surface area (Å²) in [5.41, 5.74) is 3.05. The fourth-order valence-corrected chi connectivity index (χ4v) is 4.62. The number of benzene rings is 2. The van der Waals surface area contributed by atoms with Crippen molar-refractivity contribution in [3.63, 3.8) is 0 Å². The van der Waals surface area contributed by atoms with Gasteiger partial charge in [0.1, 0.15) is 6.54 Å². The van der Waals surface area contributed by atoms with Gasteiger partial charge in [0, 0.05) is 56.0 Å². The molecule has 10 heteroatoms. The smallest absolute Gasteiger partial charge is 0.254 e. The Kier molecular flexibility index (Phi) is 8.97. The molecule has 0 bridgehead atoms. The van der Waals surface area contributed by atoms with E-state index in [9.17, 15) is 9.59 Å². The Morgan fingerprint density at radius 2 is 1.70 bits per heavy atom. The Balaban J connectivity index is 1.35. The van der Waals surface area contributed by atoms with Crippen LogP contribution in [0.3, 0.4) is 0 Å². The number of rotatable bonds is 8. The molecule has 1 saturated heterocycles. The number of hydrogen-bond acceptors (Lipinski definition) is 6. The average molecular weight is 542 g/mol. The minimum Gasteiger partial charge on any atom is -0.383 e. The SMILES string of the molecule is COCCN(CC(=O)N1CCN(c2ccc(-c3ccc(Cl)cc3Cl)nn2)CC1)C(=O)c1ccc(C)cc1. The number of amides is 2. The number of halogens is 2. The first-order valence-electron chi connectivity index (χ1n) is 12.0. The zero-order chi connectivity index (χ0) is 26.4. The van der Waals surface area contributed by atoms with Gasteiger partial charge in [-0.25, -0.2) is 0 Å². The Morgan fingerprint density at radius 3 is 2.32 bits per heavy atom. The number of piperazine rings is 1. The number of methoxy groups -OCH3 is 1. The minimum absolute atomic E-state index is 0.00637. The van der Waals surface area contributed by atoms with Crippen LogP contribution in [0.1, 0.15) is 15.9 Å². The number of aromatic nitrogens is 2. The highest BCUT2D eigenvalue weighted by Crippen LogP contribution is 2.29. The van der Waals surface area contributed by atoms with E-state index < -0.39 is 0 Å². The molecule has 0 radical (unpaired) electrons. The van der Waals surface area contributed by atoms with Crippen LogP contribution in [-0.2, 0) is 9.53 Å². The van der Waals surface area contributed by atoms with Crippen molar-refractivity contribution in [3.05, 3.63) is 75.8 Å². The second-order valence-corrected chi connectivity index (χ2v) is 9.70. The molecule has 2 heterocycles. The first kappa shape index (κ1) is 26.9. The Morgan fingerprint density at radius 1 is 0.973 bits per heavy atom. The summed E-state index contributed by atoms with van der Waals surface area (Å²) in [5, 5.41) is 9.78. The molecule has 1 aliphatic heterocycles. The van der Waals surface area contributed by atoms with E-state index in [1.54, 1.807) is 41.2 Å². The fraction of sp³-hybridized carbons (Fsp3) is 0.333. The summed E-state index contributed by atoms with van der Waals surface area (Å²) in [6, 6.07) is 16.4. The molecular formula is C27H29Cl2N5O3. The molecule has 1 fully saturated rings. The lowest BCUT2D eigenvalue weighted by atomic mass is 10.1. The summed E-state index contributed by atoms with van der Waals surface area (Å²) in [7, 11) is 1.58. The number of hydrogen-bond donors (Lipinski definition) is 0. The summed E-state index contributed by atoms with van der Waals surface area (Å²) >= 11 is 12.3. The van der Waals surface area contributed by atoms with Gasteiger partial charge in [0.25, 0.3) is 5.91 Å². The number of anilines is 1. The van der Waals surface area contributed by atoms with Gasteiger partial charge in [-0.05, 0) is 49.4 Å². The molecule has 0 atom stereocenters. The molecule has 8 nitrogen and oxygen atoms in total. The van der Waals surface area contributed by atoms with Crippen molar-refractivity contribution in [3.8, 4) is 11.3 Å². The maximum Gasteiger partial charge on any atom is 0.254 e. The Bertz CT molecular complexity index is 1230. The molecule has 3 aromatic rings. The molecule has 0 saturated carbocycles. The highest BCUT2D eigenvalue weighted by atomic mass is 35.5. The van der Waals surface area contributed by atoms with Crippen molar-refractivity contribution in [1.29, 1.82) is 0 Å². The number of carbonyl (C=O) groups is 2. The molecule has 37 heavy (non-hydrogen) atoms. The summed E-state index contributed by atoms with van der Waals surface area (Å²) < 4.78 is 5.16. The predicted octanol–water partition coefficient (Wildman–Crippen LogP) is 4.20. The van der Waals surface area contributed by atoms with Crippen LogP contribution in [0.25, 0.3) is 11.3 Å². The maximum atomic E-state index is 13.1. The Labute approximate surface area is 226 Å². The molecule has 2 aromatic carbocycles. The third-order valence-electron chi connectivity index (χ3n) is 6.29. The number of ether oxygens (including phenoxy) is 1. The molecule has 194 valence electrons. The van der Waals surface area contributed by atoms with E-state index in [1.807, 2.05) is 37.3 Å². The third-order valence-corrected chi connectivity index (χ3v) is 6.84. The fourth-order valence-electron chi connectivity index (χ4n) is 4.12. The van der Waals surface area contributed by atoms with Gasteiger partial charge in [-0.15, -0.1) is 10.2 Å². The molecule has 1 aromatic heterocycles. The first-order chi connectivity index (χ1) is 17.9. The molecule has 0 aliphatic carbocycles. The van der Waals surface area contributed by atoms with E-state index in [2.05, 4.69) is 15.1 Å². The lowest BCUT2D eigenvalue weighted by molar-refractivity contribution is -0.132. The standard InChI is InChI=1S/C27H29Cl2N5O3/c1-19-3-5-20(6-4-19)27(36)34(15-16-37-2)18-26(35)33-13-11-32(12-14-33)25-10-9-24(30-31-25)22-8-7-21(28)17-23(22)29/h3-10,17H,11-16,18H2,1-2H3. The van der Waals surface area contributed by atoms with Crippen molar-refractivity contribution < 1.29 is 14.3 Å². The molecule has 2 amide bonds. The van der Waals surface area contributed by atoms with Crippen molar-refractivity contribution in [2.24, 2.45) is 0 Å². The zero-order valence-corrected chi connectivity index (χ0v) is 22.4. The van der Waals surface area contributed by atoms with Crippen molar-refractivity contribution in [1.82, 2.24) is 20.0 Å². The van der Waals surface area contributed by atoms with Gasteiger partial charge in [-0.2, -0.15) is 0 Å². The van der Waals surface area contributed by atoms with Crippen LogP contribution in [0.4, 0.5) is 5.82 Å². The number of aryl methyl sites for hydroxylation is 1. The van der Waals surface area contributed by atoms with Crippen LogP contribution in [0, 0.1) is 6.92 Å². The van der Waals surface area contributed by atoms with Crippen molar-refractivity contribution >= 4 is 40.8 Å². The van der Waals surface area contributed by atoms with Crippen LogP contribution < -0.4 is 4.90 Å². The van der Waals surface area contributed by atoms with Gasteiger partial charge in [0.15, 0.2) is 5.82 Å². The van der Waals surface area contributed by atoms with Crippen molar-refractivity contribution in [2.45, 2.75) is 6.92 Å². The van der Waals surface area contributed by atoms with E-state index in [4.69, 9.17) is 27.9 Å². The summed E-state index contributed by atoms with van der Waals surface area (Å²) in [6.07, 6.45) is 0. The molecule has 0 N–H and O–H groups in total. The predicted molar refractivity (Wildman–Crippen MR) is 145 cm³/mol. The summed E-state index contributed by atoms with van der Waals surface area (Å²) in [5.74, 6) is 0.465. The normalized spacial score (nSPS) is 13.5. The highest BCUT2D eigenvalue weighted by Gasteiger charge is 2.26. The van der Waals surface area contributed by atoms with Crippen LogP contribution >= 0.6 is 23.2 Å². The van der Waals surface area contributed by atoms with Gasteiger partial charge < -0.3 is 19.4 Å². The van der Waals surface area contributed by atoms with Crippen LogP contribution in [0.15, 0.2) is 54.6 Å². The van der Waals surface area contributed by atoms with E-state index in [0.717, 1.165) is 16.9 Å². The van der Waals surface area contributed by atoms with Gasteiger partial charge in [0.2, 0.25) is 5.91 Å². The second-order valence-electron chi connectivity index (χ2n) is 8.85. The van der Waals surface area contributed by atoms with Crippen LogP contribution in [0.2, 0.25) is 10.0 Å². The molecule has 0 spiro atoms. The topological polar surface area (TPSA) is 78.9 Å². The zero-order valence-electron chi connectivity index (χ0n) is 20.9. The number of carbonyl (C=O) groups excluding carboxylic acids is 2. The quantitative estimate of drug-likeness (QED) is 0.425. The van der Waals surface area contributed by atoms with E-state index in [1.165, 1.54) is 0 Å². The van der Waals surface area contributed by atoms with E-state index >= 15 is 0 Å². The summed E-state index contributed by atoms with van der Waals surface area (Å²) in [6.45, 7) is 4.96. The molecule has 1 aliphatic rings. The summed E-state index contributed by atoms with van der Waals surface area (Å²) in [4.78, 5) is 31.6. The van der Waals surface area contributed by atoms with Gasteiger partial charge >= 0.3 is 0 Å². The monoisotopic (exact) mass is 541 g/mol. The van der Waals surface area contributed by atoms with Gasteiger partial charge in [0.05, 0.1) is 17.3 Å². The lowest BCUT2D eigenvalue weighted by Crippen LogP contribution is -2.52. The van der Waals surface area contributed by atoms with E-state index in [0.29, 0.717) is 60.6 Å². The van der Waals surface area contributed by atoms with Gasteiger partial charge in [-0.3, -0.25) is 9.59 Å². The minimum atomic E-state index is -0.180. The highest BCUT2D eigenvalue weighted by molar-refractivity contribution is 6.36. The van der Waals surface area contributed by atoms with Crippen LogP contribution in [0.5, 0.6) is 0 Å². The maximum absolute atomic E-state index is 13.1. The van der Waals surface area contributed by atoms with Crippen LogP contribution in [-0.4, -0.2) is 84.8 Å². The first-order valence-corrected chi connectivity index (χ1v) is 12.8. The lowest BCUT2D eigenvalue weighted by Gasteiger charge is -2.36. The van der Waals surface area contributed by atoms with E-state index in [-0.39, 0.29) is 18.4 Å². The Hall–Kier alpha value is -3.20. The number of nitrogens with zero attached hydrogens (tertiary/aromatic N) is 5. The van der Waals surface area contributed by atoms with Gasteiger partial charge in [-0.1, -0.05) is 40.9 Å².